The molecule has 0 aromatic rings. The Morgan fingerprint density at radius 2 is 1.48 bits per heavy atom. The molecule has 9 rings (SSSR count). The van der Waals surface area contributed by atoms with Crippen molar-refractivity contribution in [1.82, 2.24) is 0 Å². The van der Waals surface area contributed by atoms with Gasteiger partial charge in [0.2, 0.25) is 0 Å². The molecule has 25 atom stereocenters. The van der Waals surface area contributed by atoms with Crippen molar-refractivity contribution in [3.05, 3.63) is 11.6 Å². The summed E-state index contributed by atoms with van der Waals surface area (Å²) in [4.78, 5) is 0. The molecule has 5 heterocycles. The predicted octanol–water partition coefficient (Wildman–Crippen LogP) is 0.853. The normalized spacial score (nSPS) is 57.9. The van der Waals surface area contributed by atoms with Gasteiger partial charge in [-0.05, 0) is 98.7 Å². The predicted molar refractivity (Wildman–Crippen MR) is 208 cm³/mol. The highest BCUT2D eigenvalue weighted by Gasteiger charge is 2.69. The summed E-state index contributed by atoms with van der Waals surface area (Å²) in [6.07, 6.45) is -9.26. The number of hydrogen-bond acceptors (Lipinski definition) is 16. The number of ether oxygens (including phenoxy) is 8. The molecule has 5 saturated heterocycles. The van der Waals surface area contributed by atoms with Crippen molar-refractivity contribution in [3.8, 4) is 0 Å². The molecule has 9 aliphatic rings. The summed E-state index contributed by atoms with van der Waals surface area (Å²) >= 11 is 0. The van der Waals surface area contributed by atoms with Gasteiger partial charge in [-0.25, -0.2) is 0 Å². The molecule has 0 amide bonds. The summed E-state index contributed by atoms with van der Waals surface area (Å²) in [7, 11) is 0. The van der Waals surface area contributed by atoms with Gasteiger partial charge in [0.15, 0.2) is 24.7 Å². The third-order valence-electron chi connectivity index (χ3n) is 17.3. The third kappa shape index (κ3) is 7.19. The molecule has 4 aliphatic carbocycles. The highest BCUT2D eigenvalue weighted by molar-refractivity contribution is 5.26. The Kier molecular flexibility index (Phi) is 12.2. The van der Waals surface area contributed by atoms with E-state index in [0.29, 0.717) is 41.9 Å². The first-order chi connectivity index (χ1) is 28.5. The van der Waals surface area contributed by atoms with Crippen LogP contribution in [0.3, 0.4) is 0 Å². The van der Waals surface area contributed by atoms with Crippen molar-refractivity contribution in [2.75, 3.05) is 19.8 Å². The minimum Gasteiger partial charge on any atom is -0.394 e. The number of aliphatic hydroxyl groups is 8. The second-order valence-corrected chi connectivity index (χ2v) is 20.6. The molecule has 16 nitrogen and oxygen atoms in total. The fraction of sp³-hybridized carbons (Fsp3) is 0.955. The van der Waals surface area contributed by atoms with Gasteiger partial charge >= 0.3 is 0 Å². The van der Waals surface area contributed by atoms with E-state index in [4.69, 9.17) is 37.9 Å². The molecule has 16 heteroatoms. The zero-order valence-electron chi connectivity index (χ0n) is 35.6. The van der Waals surface area contributed by atoms with Gasteiger partial charge in [-0.1, -0.05) is 39.3 Å². The highest BCUT2D eigenvalue weighted by atomic mass is 16.8. The van der Waals surface area contributed by atoms with Crippen molar-refractivity contribution < 1.29 is 78.7 Å². The van der Waals surface area contributed by atoms with E-state index >= 15 is 0 Å². The van der Waals surface area contributed by atoms with Gasteiger partial charge in [0.1, 0.15) is 61.0 Å². The Morgan fingerprint density at radius 1 is 0.733 bits per heavy atom. The number of hydrogen-bond donors (Lipinski definition) is 8. The quantitative estimate of drug-likeness (QED) is 0.166. The van der Waals surface area contributed by atoms with E-state index in [1.165, 1.54) is 25.3 Å². The van der Waals surface area contributed by atoms with Crippen molar-refractivity contribution in [2.24, 2.45) is 46.3 Å². The van der Waals surface area contributed by atoms with Gasteiger partial charge in [0.25, 0.3) is 0 Å². The maximum absolute atomic E-state index is 11.7. The lowest BCUT2D eigenvalue weighted by atomic mass is 9.47. The smallest absolute Gasteiger partial charge is 0.187 e. The topological polar surface area (TPSA) is 236 Å². The average Bonchev–Trinajstić information content (AvgIpc) is 3.67. The lowest BCUT2D eigenvalue weighted by Crippen LogP contribution is -2.65. The zero-order valence-corrected chi connectivity index (χ0v) is 35.6. The molecule has 8 N–H and O–H groups in total. The molecule has 342 valence electrons. The van der Waals surface area contributed by atoms with Crippen LogP contribution in [0.25, 0.3) is 0 Å². The highest BCUT2D eigenvalue weighted by Crippen LogP contribution is 2.70. The Hall–Kier alpha value is -0.900. The minimum atomic E-state index is -1.73. The van der Waals surface area contributed by atoms with Gasteiger partial charge in [0, 0.05) is 12.3 Å². The molecule has 0 radical (unpaired) electrons. The van der Waals surface area contributed by atoms with Gasteiger partial charge in [-0.15, -0.1) is 0 Å². The molecule has 0 aromatic heterocycles. The summed E-state index contributed by atoms with van der Waals surface area (Å²) in [5, 5.41) is 85.7. The van der Waals surface area contributed by atoms with E-state index in [-0.39, 0.29) is 23.0 Å². The standard InChI is InChI=1S/C44H70O16/c1-19-8-13-44(54-17-19)20(2)30-28(60-44)15-26-24-7-6-22-14-23(9-11-42(22,4)25(24)10-12-43(26,30)5)56-40-36(52)37(33(49)29(16-45)57-40)58-41-38(32(48)27(46)18-53-41)59-39-35(51)34(50)31(47)21(3)55-39/h6,19-21,23-41,45-52H,7-18H2,1-5H3/t19-,20-,21+,23+,24+,25-,26-,27+,28-,29+,30-,31+,32-,33+,34-,35+,36+,37-,38+,39-,40+,41-,42+,43-,44+/m1/s1. The van der Waals surface area contributed by atoms with Crippen LogP contribution in [0.2, 0.25) is 0 Å². The van der Waals surface area contributed by atoms with E-state index in [1.54, 1.807) is 0 Å². The summed E-state index contributed by atoms with van der Waals surface area (Å²) in [5.41, 5.74) is 1.60. The molecule has 8 fully saturated rings. The SMILES string of the molecule is C[C@@H]1CC[C@]2(OC1)O[C@@H]1C[C@@H]3[C@H]4CC=C5C[C@@H](O[C@H]6O[C@@H](CO)[C@H](O)[C@@H](O[C@H]7OC[C@H](O)[C@@H](O)[C@@H]7O[C@H]7O[C@@H](C)[C@H](O)[C@@H](O)[C@@H]7O)[C@@H]6O)CC[C@]5(C)[C@@H]4CC[C@@]3(C)[C@@H]1[C@H]2C. The third-order valence-corrected chi connectivity index (χ3v) is 17.3. The fourth-order valence-electron chi connectivity index (χ4n) is 13.7. The first kappa shape index (κ1) is 44.3. The lowest BCUT2D eigenvalue weighted by molar-refractivity contribution is -0.379. The molecule has 0 unspecified atom stereocenters. The van der Waals surface area contributed by atoms with Crippen LogP contribution in [0.1, 0.15) is 92.4 Å². The van der Waals surface area contributed by atoms with Gasteiger partial charge in [-0.2, -0.15) is 0 Å². The molecular weight excluding hydrogens is 784 g/mol. The molecule has 1 spiro atoms. The van der Waals surface area contributed by atoms with Crippen molar-refractivity contribution in [2.45, 2.75) is 196 Å². The Labute approximate surface area is 352 Å². The van der Waals surface area contributed by atoms with Gasteiger partial charge in [-0.3, -0.25) is 0 Å². The van der Waals surface area contributed by atoms with E-state index in [1.807, 2.05) is 0 Å². The number of rotatable bonds is 7. The maximum atomic E-state index is 11.7. The van der Waals surface area contributed by atoms with Crippen LogP contribution in [0, 0.1) is 46.3 Å². The lowest BCUT2D eigenvalue weighted by Gasteiger charge is -2.58. The summed E-state index contributed by atoms with van der Waals surface area (Å²) < 4.78 is 49.1. The number of fused-ring (bicyclic) bond motifs is 7. The number of allylic oxidation sites excluding steroid dienone is 1. The summed E-state index contributed by atoms with van der Waals surface area (Å²) in [6.45, 7) is 10.9. The Morgan fingerprint density at radius 3 is 2.22 bits per heavy atom. The van der Waals surface area contributed by atoms with Crippen LogP contribution < -0.4 is 0 Å². The number of aliphatic hydroxyl groups excluding tert-OH is 8. The fourth-order valence-corrected chi connectivity index (χ4v) is 13.7. The first-order valence-electron chi connectivity index (χ1n) is 22.8. The van der Waals surface area contributed by atoms with Gasteiger partial charge < -0.3 is 78.7 Å². The van der Waals surface area contributed by atoms with E-state index < -0.39 is 105 Å². The van der Waals surface area contributed by atoms with Crippen LogP contribution >= 0.6 is 0 Å². The Bertz CT molecular complexity index is 1560. The average molecular weight is 855 g/mol. The monoisotopic (exact) mass is 854 g/mol. The molecule has 5 aliphatic heterocycles. The summed E-state index contributed by atoms with van der Waals surface area (Å²) in [5.74, 6) is 2.74. The van der Waals surface area contributed by atoms with Crippen LogP contribution in [-0.4, -0.2) is 165 Å². The molecule has 3 saturated carbocycles. The van der Waals surface area contributed by atoms with Crippen LogP contribution in [0.15, 0.2) is 11.6 Å². The second kappa shape index (κ2) is 16.5. The van der Waals surface area contributed by atoms with Crippen LogP contribution in [0.4, 0.5) is 0 Å². The molecule has 0 aromatic carbocycles. The van der Waals surface area contributed by atoms with E-state index in [2.05, 4.69) is 33.8 Å². The largest absolute Gasteiger partial charge is 0.394 e. The van der Waals surface area contributed by atoms with Crippen molar-refractivity contribution >= 4 is 0 Å². The van der Waals surface area contributed by atoms with E-state index in [9.17, 15) is 40.9 Å². The minimum absolute atomic E-state index is 0.0138. The maximum Gasteiger partial charge on any atom is 0.187 e. The van der Waals surface area contributed by atoms with Crippen molar-refractivity contribution in [1.29, 1.82) is 0 Å². The Balaban J connectivity index is 0.864. The summed E-state index contributed by atoms with van der Waals surface area (Å²) in [6, 6.07) is 0. The van der Waals surface area contributed by atoms with E-state index in [0.717, 1.165) is 45.1 Å². The molecular formula is C44H70O16. The van der Waals surface area contributed by atoms with Crippen LogP contribution in [0.5, 0.6) is 0 Å². The van der Waals surface area contributed by atoms with Crippen molar-refractivity contribution in [3.63, 3.8) is 0 Å². The first-order valence-corrected chi connectivity index (χ1v) is 22.8. The van der Waals surface area contributed by atoms with Gasteiger partial charge in [0.05, 0.1) is 38.1 Å². The molecule has 0 bridgehead atoms. The van der Waals surface area contributed by atoms with Crippen LogP contribution in [-0.2, 0) is 37.9 Å². The second-order valence-electron chi connectivity index (χ2n) is 20.6. The molecule has 60 heavy (non-hydrogen) atoms. The zero-order chi connectivity index (χ0) is 42.6.